The van der Waals surface area contributed by atoms with E-state index in [4.69, 9.17) is 16.3 Å². The topological polar surface area (TPSA) is 42.4 Å². The highest BCUT2D eigenvalue weighted by atomic mass is 35.5. The summed E-state index contributed by atoms with van der Waals surface area (Å²) in [6.07, 6.45) is 1.55. The predicted molar refractivity (Wildman–Crippen MR) is 74.5 cm³/mol. The van der Waals surface area contributed by atoms with Gasteiger partial charge in [0, 0.05) is 30.5 Å². The van der Waals surface area contributed by atoms with Crippen molar-refractivity contribution in [2.45, 2.75) is 32.5 Å². The van der Waals surface area contributed by atoms with Crippen LogP contribution < -0.4 is 0 Å². The largest absolute Gasteiger partial charge is 0.367 e. The van der Waals surface area contributed by atoms with E-state index in [1.54, 1.807) is 18.3 Å². The van der Waals surface area contributed by atoms with Crippen LogP contribution in [0.1, 0.15) is 29.9 Å². The number of carbonyl (C=O) groups excluding carboxylic acids is 1. The molecular formula is C14H19ClN2O2. The highest BCUT2D eigenvalue weighted by molar-refractivity contribution is 6.18. The molecule has 1 amide bonds. The molecule has 2 rings (SSSR count). The Hall–Kier alpha value is -1.13. The molecule has 1 saturated heterocycles. The van der Waals surface area contributed by atoms with Gasteiger partial charge in [-0.15, -0.1) is 11.6 Å². The first-order chi connectivity index (χ1) is 8.91. The molecule has 2 heterocycles. The summed E-state index contributed by atoms with van der Waals surface area (Å²) in [5, 5.41) is 0. The van der Waals surface area contributed by atoms with Crippen LogP contribution in [0.5, 0.6) is 0 Å². The van der Waals surface area contributed by atoms with Crippen LogP contribution in [0.2, 0.25) is 0 Å². The first kappa shape index (κ1) is 14.3. The molecule has 0 spiro atoms. The number of ether oxygens (including phenoxy) is 1. The molecule has 0 saturated carbocycles. The van der Waals surface area contributed by atoms with E-state index >= 15 is 0 Å². The molecule has 1 aliphatic rings. The minimum absolute atomic E-state index is 0.0111. The fourth-order valence-corrected chi connectivity index (χ4v) is 2.55. The van der Waals surface area contributed by atoms with Gasteiger partial charge < -0.3 is 9.64 Å². The van der Waals surface area contributed by atoms with E-state index in [2.05, 4.69) is 4.98 Å². The molecule has 5 heteroatoms. The minimum Gasteiger partial charge on any atom is -0.367 e. The molecule has 104 valence electrons. The fourth-order valence-electron chi connectivity index (χ4n) is 2.39. The Balaban J connectivity index is 2.18. The van der Waals surface area contributed by atoms with Gasteiger partial charge in [0.25, 0.3) is 5.91 Å². The van der Waals surface area contributed by atoms with Crippen molar-refractivity contribution < 1.29 is 9.53 Å². The molecule has 0 bridgehead atoms. The number of rotatable bonds is 2. The van der Waals surface area contributed by atoms with E-state index in [9.17, 15) is 4.79 Å². The Labute approximate surface area is 118 Å². The summed E-state index contributed by atoms with van der Waals surface area (Å²) in [6.45, 7) is 6.93. The number of hydrogen-bond donors (Lipinski definition) is 0. The van der Waals surface area contributed by atoms with Gasteiger partial charge in [-0.2, -0.15) is 0 Å². The van der Waals surface area contributed by atoms with E-state index in [-0.39, 0.29) is 17.6 Å². The molecule has 4 nitrogen and oxygen atoms in total. The van der Waals surface area contributed by atoms with Crippen LogP contribution in [0, 0.1) is 6.92 Å². The monoisotopic (exact) mass is 282 g/mol. The Morgan fingerprint density at radius 3 is 3.00 bits per heavy atom. The smallest absolute Gasteiger partial charge is 0.254 e. The van der Waals surface area contributed by atoms with Gasteiger partial charge in [-0.3, -0.25) is 9.78 Å². The number of aryl methyl sites for hydroxylation is 1. The molecule has 0 radical (unpaired) electrons. The molecule has 1 atom stereocenters. The Bertz CT molecular complexity index is 476. The van der Waals surface area contributed by atoms with Gasteiger partial charge in [0.15, 0.2) is 0 Å². The maximum atomic E-state index is 12.5. The molecule has 19 heavy (non-hydrogen) atoms. The Morgan fingerprint density at radius 2 is 2.37 bits per heavy atom. The predicted octanol–water partition coefficient (Wildman–Crippen LogP) is 2.25. The average Bonchev–Trinajstić information content (AvgIpc) is 2.36. The van der Waals surface area contributed by atoms with E-state index < -0.39 is 0 Å². The van der Waals surface area contributed by atoms with Gasteiger partial charge in [-0.1, -0.05) is 0 Å². The number of alkyl halides is 1. The number of morpholine rings is 1. The minimum atomic E-state index is -0.366. The zero-order valence-corrected chi connectivity index (χ0v) is 12.3. The first-order valence-corrected chi connectivity index (χ1v) is 6.90. The van der Waals surface area contributed by atoms with E-state index in [0.717, 1.165) is 5.69 Å². The third-order valence-corrected chi connectivity index (χ3v) is 3.43. The van der Waals surface area contributed by atoms with Gasteiger partial charge in [0.2, 0.25) is 0 Å². The number of aromatic nitrogens is 1. The van der Waals surface area contributed by atoms with Crippen molar-refractivity contribution in [2.24, 2.45) is 0 Å². The second-order valence-electron chi connectivity index (χ2n) is 5.53. The molecule has 0 aromatic carbocycles. The molecular weight excluding hydrogens is 264 g/mol. The lowest BCUT2D eigenvalue weighted by Crippen LogP contribution is -2.55. The molecule has 0 N–H and O–H groups in total. The maximum absolute atomic E-state index is 12.5. The summed E-state index contributed by atoms with van der Waals surface area (Å²) in [5.74, 6) is 0.403. The lowest BCUT2D eigenvalue weighted by Gasteiger charge is -2.42. The highest BCUT2D eigenvalue weighted by Crippen LogP contribution is 2.23. The zero-order valence-electron chi connectivity index (χ0n) is 11.5. The summed E-state index contributed by atoms with van der Waals surface area (Å²) < 4.78 is 5.82. The standard InChI is InChI=1S/C14H19ClN2O2/c1-10-6-11(4-5-16-10)13(18)17-8-12(7-15)19-14(2,3)9-17/h4-6,12H,7-9H2,1-3H3. The lowest BCUT2D eigenvalue weighted by molar-refractivity contribution is -0.117. The number of pyridine rings is 1. The van der Waals surface area contributed by atoms with Crippen LogP contribution >= 0.6 is 11.6 Å². The molecule has 1 aliphatic heterocycles. The zero-order chi connectivity index (χ0) is 14.0. The number of hydrogen-bond acceptors (Lipinski definition) is 3. The SMILES string of the molecule is Cc1cc(C(=O)N2CC(CCl)OC(C)(C)C2)ccn1. The van der Waals surface area contributed by atoms with Gasteiger partial charge in [0.05, 0.1) is 17.6 Å². The summed E-state index contributed by atoms with van der Waals surface area (Å²) in [7, 11) is 0. The van der Waals surface area contributed by atoms with Gasteiger partial charge >= 0.3 is 0 Å². The van der Waals surface area contributed by atoms with Crippen molar-refractivity contribution in [2.75, 3.05) is 19.0 Å². The van der Waals surface area contributed by atoms with Crippen molar-refractivity contribution in [1.82, 2.24) is 9.88 Å². The number of carbonyl (C=O) groups is 1. The lowest BCUT2D eigenvalue weighted by atomic mass is 10.0. The van der Waals surface area contributed by atoms with Crippen LogP contribution in [0.3, 0.4) is 0 Å². The van der Waals surface area contributed by atoms with Crippen LogP contribution in [0.15, 0.2) is 18.3 Å². The average molecular weight is 283 g/mol. The highest BCUT2D eigenvalue weighted by Gasteiger charge is 2.35. The van der Waals surface area contributed by atoms with Crippen LogP contribution in [-0.2, 0) is 4.74 Å². The third kappa shape index (κ3) is 3.45. The second kappa shape index (κ2) is 5.47. The van der Waals surface area contributed by atoms with Crippen molar-refractivity contribution in [1.29, 1.82) is 0 Å². The van der Waals surface area contributed by atoms with Crippen molar-refractivity contribution >= 4 is 17.5 Å². The van der Waals surface area contributed by atoms with E-state index in [1.807, 2.05) is 25.7 Å². The molecule has 1 aromatic rings. The quantitative estimate of drug-likeness (QED) is 0.782. The first-order valence-electron chi connectivity index (χ1n) is 6.37. The maximum Gasteiger partial charge on any atom is 0.254 e. The summed E-state index contributed by atoms with van der Waals surface area (Å²) in [6, 6.07) is 3.55. The summed E-state index contributed by atoms with van der Waals surface area (Å²) in [4.78, 5) is 18.4. The Kier molecular flexibility index (Phi) is 4.11. The molecule has 1 unspecified atom stereocenters. The number of halogens is 1. The van der Waals surface area contributed by atoms with Gasteiger partial charge in [-0.05, 0) is 32.9 Å². The van der Waals surface area contributed by atoms with Crippen molar-refractivity contribution in [3.8, 4) is 0 Å². The summed E-state index contributed by atoms with van der Waals surface area (Å²) >= 11 is 5.88. The van der Waals surface area contributed by atoms with E-state index in [0.29, 0.717) is 24.5 Å². The molecule has 1 aromatic heterocycles. The van der Waals surface area contributed by atoms with Crippen LogP contribution in [-0.4, -0.2) is 46.5 Å². The normalized spacial score (nSPS) is 22.3. The number of amides is 1. The molecule has 0 aliphatic carbocycles. The summed E-state index contributed by atoms with van der Waals surface area (Å²) in [5.41, 5.74) is 1.14. The van der Waals surface area contributed by atoms with Gasteiger partial charge in [0.1, 0.15) is 0 Å². The Morgan fingerprint density at radius 1 is 1.63 bits per heavy atom. The van der Waals surface area contributed by atoms with Crippen molar-refractivity contribution in [3.63, 3.8) is 0 Å². The number of nitrogens with zero attached hydrogens (tertiary/aromatic N) is 2. The van der Waals surface area contributed by atoms with E-state index in [1.165, 1.54) is 0 Å². The van der Waals surface area contributed by atoms with Gasteiger partial charge in [-0.25, -0.2) is 0 Å². The molecule has 1 fully saturated rings. The van der Waals surface area contributed by atoms with Crippen LogP contribution in [0.4, 0.5) is 0 Å². The third-order valence-electron chi connectivity index (χ3n) is 3.08. The second-order valence-corrected chi connectivity index (χ2v) is 5.83. The fraction of sp³-hybridized carbons (Fsp3) is 0.571. The van der Waals surface area contributed by atoms with Crippen molar-refractivity contribution in [3.05, 3.63) is 29.6 Å². The van der Waals surface area contributed by atoms with Crippen LogP contribution in [0.25, 0.3) is 0 Å².